The molecule has 0 bridgehead atoms. The Labute approximate surface area is 130 Å². The van der Waals surface area contributed by atoms with Gasteiger partial charge >= 0.3 is 6.36 Å². The van der Waals surface area contributed by atoms with Gasteiger partial charge in [0.15, 0.2) is 0 Å². The monoisotopic (exact) mass is 332 g/mol. The summed E-state index contributed by atoms with van der Waals surface area (Å²) in [6, 6.07) is 8.16. The van der Waals surface area contributed by atoms with Gasteiger partial charge in [0.05, 0.1) is 0 Å². The first kappa shape index (κ1) is 16.6. The zero-order chi connectivity index (χ0) is 16.5. The van der Waals surface area contributed by atoms with E-state index in [2.05, 4.69) is 4.74 Å². The van der Waals surface area contributed by atoms with E-state index in [1.165, 1.54) is 12.1 Å². The highest BCUT2D eigenvalue weighted by Gasteiger charge is 2.31. The molecule has 2 rings (SSSR count). The van der Waals surface area contributed by atoms with Crippen LogP contribution in [0.15, 0.2) is 36.4 Å². The molecule has 0 radical (unpaired) electrons. The van der Waals surface area contributed by atoms with Gasteiger partial charge in [0.1, 0.15) is 11.6 Å². The lowest BCUT2D eigenvalue weighted by Crippen LogP contribution is -2.17. The second-order valence-electron chi connectivity index (χ2n) is 5.05. The predicted octanol–water partition coefficient (Wildman–Crippen LogP) is 6.17. The largest absolute Gasteiger partial charge is 0.573 e. The van der Waals surface area contributed by atoms with Crippen molar-refractivity contribution in [1.29, 1.82) is 0 Å². The van der Waals surface area contributed by atoms with Crippen LogP contribution in [0.1, 0.15) is 25.3 Å². The minimum absolute atomic E-state index is 0.0617. The van der Waals surface area contributed by atoms with Crippen LogP contribution in [0.3, 0.4) is 0 Å². The minimum atomic E-state index is -4.82. The van der Waals surface area contributed by atoms with Crippen molar-refractivity contribution in [1.82, 2.24) is 0 Å². The summed E-state index contributed by atoms with van der Waals surface area (Å²) in [6.07, 6.45) is -4.82. The van der Waals surface area contributed by atoms with E-state index in [9.17, 15) is 17.6 Å². The molecule has 6 heteroatoms. The third-order valence-electron chi connectivity index (χ3n) is 3.11. The Bertz CT molecular complexity index is 680. The van der Waals surface area contributed by atoms with Crippen molar-refractivity contribution >= 4 is 11.6 Å². The van der Waals surface area contributed by atoms with Crippen molar-refractivity contribution in [3.63, 3.8) is 0 Å². The maximum absolute atomic E-state index is 14.5. The van der Waals surface area contributed by atoms with E-state index >= 15 is 0 Å². The van der Waals surface area contributed by atoms with Crippen molar-refractivity contribution < 1.29 is 22.3 Å². The fourth-order valence-electron chi connectivity index (χ4n) is 2.11. The first-order valence-electron chi connectivity index (χ1n) is 6.53. The Morgan fingerprint density at radius 3 is 2.32 bits per heavy atom. The van der Waals surface area contributed by atoms with Gasteiger partial charge < -0.3 is 4.74 Å². The summed E-state index contributed by atoms with van der Waals surface area (Å²) in [6.45, 7) is 3.65. The third kappa shape index (κ3) is 3.71. The smallest absolute Gasteiger partial charge is 0.406 e. The molecule has 0 fully saturated rings. The van der Waals surface area contributed by atoms with Gasteiger partial charge in [-0.3, -0.25) is 0 Å². The molecular formula is C16H13ClF4O. The fraction of sp³-hybridized carbons (Fsp3) is 0.250. The zero-order valence-corrected chi connectivity index (χ0v) is 12.6. The number of benzene rings is 2. The summed E-state index contributed by atoms with van der Waals surface area (Å²) in [7, 11) is 0. The lowest BCUT2D eigenvalue weighted by atomic mass is 9.96. The first-order valence-corrected chi connectivity index (χ1v) is 6.91. The standard InChI is InChI=1S/C16H13ClF4O/c1-9(2)11-4-3-5-12(15(11)18)13-8-10(6-7-14(13)17)22-16(19,20)21/h3-9H,1-2H3. The summed E-state index contributed by atoms with van der Waals surface area (Å²) < 4.78 is 55.3. The molecule has 0 atom stereocenters. The average Bonchev–Trinajstić information content (AvgIpc) is 2.39. The number of alkyl halides is 3. The van der Waals surface area contributed by atoms with Gasteiger partial charge in [0.25, 0.3) is 0 Å². The van der Waals surface area contributed by atoms with Gasteiger partial charge in [-0.2, -0.15) is 0 Å². The number of ether oxygens (including phenoxy) is 1. The lowest BCUT2D eigenvalue weighted by Gasteiger charge is -2.14. The van der Waals surface area contributed by atoms with E-state index in [0.29, 0.717) is 5.56 Å². The van der Waals surface area contributed by atoms with Crippen LogP contribution in [0.5, 0.6) is 5.75 Å². The van der Waals surface area contributed by atoms with Gasteiger partial charge in [-0.25, -0.2) is 4.39 Å². The number of rotatable bonds is 3. The molecule has 0 aliphatic rings. The third-order valence-corrected chi connectivity index (χ3v) is 3.44. The average molecular weight is 333 g/mol. The van der Waals surface area contributed by atoms with Crippen LogP contribution >= 0.6 is 11.6 Å². The van der Waals surface area contributed by atoms with Crippen LogP contribution in [0.4, 0.5) is 17.6 Å². The number of hydrogen-bond donors (Lipinski definition) is 0. The summed E-state index contributed by atoms with van der Waals surface area (Å²) >= 11 is 6.00. The second kappa shape index (κ2) is 6.16. The fourth-order valence-corrected chi connectivity index (χ4v) is 2.33. The molecule has 22 heavy (non-hydrogen) atoms. The molecule has 2 aromatic carbocycles. The van der Waals surface area contributed by atoms with Gasteiger partial charge in [0.2, 0.25) is 0 Å². The van der Waals surface area contributed by atoms with Crippen molar-refractivity contribution in [3.05, 3.63) is 52.8 Å². The van der Waals surface area contributed by atoms with Gasteiger partial charge in [-0.05, 0) is 29.7 Å². The molecule has 0 aliphatic heterocycles. The van der Waals surface area contributed by atoms with E-state index in [0.717, 1.165) is 12.1 Å². The highest BCUT2D eigenvalue weighted by molar-refractivity contribution is 6.33. The van der Waals surface area contributed by atoms with E-state index in [-0.39, 0.29) is 22.1 Å². The van der Waals surface area contributed by atoms with E-state index in [1.807, 2.05) is 13.8 Å². The van der Waals surface area contributed by atoms with E-state index in [1.54, 1.807) is 12.1 Å². The Hall–Kier alpha value is -1.75. The molecule has 118 valence electrons. The summed E-state index contributed by atoms with van der Waals surface area (Å²) in [5, 5.41) is 0.148. The van der Waals surface area contributed by atoms with Crippen LogP contribution in [0.2, 0.25) is 5.02 Å². The molecule has 0 saturated heterocycles. The highest BCUT2D eigenvalue weighted by atomic mass is 35.5. The molecule has 0 saturated carbocycles. The topological polar surface area (TPSA) is 9.23 Å². The molecule has 2 aromatic rings. The van der Waals surface area contributed by atoms with Crippen LogP contribution in [-0.2, 0) is 0 Å². The van der Waals surface area contributed by atoms with E-state index in [4.69, 9.17) is 11.6 Å². The molecule has 0 amide bonds. The molecular weight excluding hydrogens is 320 g/mol. The molecule has 0 aliphatic carbocycles. The molecule has 0 heterocycles. The Balaban J connectivity index is 2.53. The predicted molar refractivity (Wildman–Crippen MR) is 77.6 cm³/mol. The Morgan fingerprint density at radius 1 is 1.05 bits per heavy atom. The van der Waals surface area contributed by atoms with Gasteiger partial charge in [-0.15, -0.1) is 13.2 Å². The maximum atomic E-state index is 14.5. The van der Waals surface area contributed by atoms with Gasteiger partial charge in [-0.1, -0.05) is 43.6 Å². The molecule has 0 spiro atoms. The minimum Gasteiger partial charge on any atom is -0.406 e. The van der Waals surface area contributed by atoms with E-state index < -0.39 is 17.9 Å². The maximum Gasteiger partial charge on any atom is 0.573 e. The summed E-state index contributed by atoms with van der Waals surface area (Å²) in [4.78, 5) is 0. The van der Waals surface area contributed by atoms with Crippen molar-refractivity contribution in [2.24, 2.45) is 0 Å². The van der Waals surface area contributed by atoms with Gasteiger partial charge in [0, 0.05) is 16.1 Å². The Morgan fingerprint density at radius 2 is 1.73 bits per heavy atom. The molecule has 0 aromatic heterocycles. The molecule has 0 N–H and O–H groups in total. The van der Waals surface area contributed by atoms with Crippen LogP contribution in [0, 0.1) is 5.82 Å². The molecule has 0 unspecified atom stereocenters. The van der Waals surface area contributed by atoms with Crippen molar-refractivity contribution in [2.75, 3.05) is 0 Å². The van der Waals surface area contributed by atoms with Crippen LogP contribution < -0.4 is 4.74 Å². The van der Waals surface area contributed by atoms with Crippen molar-refractivity contribution in [2.45, 2.75) is 26.1 Å². The number of hydrogen-bond acceptors (Lipinski definition) is 1. The Kier molecular flexibility index (Phi) is 4.66. The quantitative estimate of drug-likeness (QED) is 0.611. The lowest BCUT2D eigenvalue weighted by molar-refractivity contribution is -0.274. The zero-order valence-electron chi connectivity index (χ0n) is 11.8. The summed E-state index contributed by atoms with van der Waals surface area (Å²) in [5.41, 5.74) is 0.767. The highest BCUT2D eigenvalue weighted by Crippen LogP contribution is 2.36. The SMILES string of the molecule is CC(C)c1cccc(-c2cc(OC(F)(F)F)ccc2Cl)c1F. The first-order chi connectivity index (χ1) is 10.2. The summed E-state index contributed by atoms with van der Waals surface area (Å²) in [5.74, 6) is -1.00. The second-order valence-corrected chi connectivity index (χ2v) is 5.46. The van der Waals surface area contributed by atoms with Crippen LogP contribution in [-0.4, -0.2) is 6.36 Å². The van der Waals surface area contributed by atoms with Crippen LogP contribution in [0.25, 0.3) is 11.1 Å². The molecule has 1 nitrogen and oxygen atoms in total. The normalized spacial score (nSPS) is 11.8. The number of halogens is 5. The van der Waals surface area contributed by atoms with Crippen molar-refractivity contribution in [3.8, 4) is 16.9 Å².